The van der Waals surface area contributed by atoms with Crippen molar-refractivity contribution in [2.75, 3.05) is 4.90 Å². The van der Waals surface area contributed by atoms with E-state index < -0.39 is 17.9 Å². The highest BCUT2D eigenvalue weighted by molar-refractivity contribution is 6.32. The molecule has 0 aliphatic carbocycles. The first kappa shape index (κ1) is 26.9. The number of carbonyl (C=O) groups excluding carboxylic acids is 1. The zero-order chi connectivity index (χ0) is 28.2. The molecule has 9 nitrogen and oxygen atoms in total. The number of carbonyl (C=O) groups is 1. The maximum absolute atomic E-state index is 13.3. The van der Waals surface area contributed by atoms with Gasteiger partial charge in [-0.15, -0.1) is 5.10 Å². The first-order valence-electron chi connectivity index (χ1n) is 12.6. The first-order valence-corrected chi connectivity index (χ1v) is 13.0. The Kier molecular flexibility index (Phi) is 6.78. The number of nitrogens with zero attached hydrogens (tertiary/aromatic N) is 8. The maximum Gasteiger partial charge on any atom is 0.434 e. The van der Waals surface area contributed by atoms with Crippen LogP contribution in [-0.2, 0) is 17.5 Å². The van der Waals surface area contributed by atoms with Gasteiger partial charge in [-0.1, -0.05) is 35.9 Å². The van der Waals surface area contributed by atoms with Crippen molar-refractivity contribution in [3.63, 3.8) is 0 Å². The fraction of sp³-hybridized carbons (Fsp3) is 0.423. The van der Waals surface area contributed by atoms with Gasteiger partial charge >= 0.3 is 6.18 Å². The minimum atomic E-state index is -4.54. The number of aryl methyl sites for hydroxylation is 1. The van der Waals surface area contributed by atoms with Crippen molar-refractivity contribution >= 4 is 23.5 Å². The zero-order valence-electron chi connectivity index (χ0n) is 22.1. The molecular weight excluding hydrogens is 533 g/mol. The van der Waals surface area contributed by atoms with Gasteiger partial charge in [0.1, 0.15) is 11.5 Å². The van der Waals surface area contributed by atoms with Gasteiger partial charge in [-0.05, 0) is 40.2 Å². The number of hydrogen-bond acceptors (Lipinski definition) is 5. The third-order valence-corrected chi connectivity index (χ3v) is 7.02. The summed E-state index contributed by atoms with van der Waals surface area (Å²) < 4.78 is 44.9. The van der Waals surface area contributed by atoms with Crippen LogP contribution in [0.25, 0.3) is 22.9 Å². The van der Waals surface area contributed by atoms with Crippen LogP contribution in [0.4, 0.5) is 19.1 Å². The molecule has 0 saturated heterocycles. The van der Waals surface area contributed by atoms with Gasteiger partial charge in [0.2, 0.25) is 17.7 Å². The lowest BCUT2D eigenvalue weighted by Gasteiger charge is -2.31. The quantitative estimate of drug-likeness (QED) is 0.275. The molecule has 0 unspecified atom stereocenters. The van der Waals surface area contributed by atoms with Crippen LogP contribution in [-0.4, -0.2) is 40.0 Å². The highest BCUT2D eigenvalue weighted by Gasteiger charge is 2.36. The highest BCUT2D eigenvalue weighted by atomic mass is 35.5. The molecule has 206 valence electrons. The van der Waals surface area contributed by atoms with Gasteiger partial charge in [0.15, 0.2) is 5.69 Å². The first-order chi connectivity index (χ1) is 18.4. The van der Waals surface area contributed by atoms with Gasteiger partial charge in [0, 0.05) is 30.3 Å². The normalized spacial score (nSPS) is 14.9. The average Bonchev–Trinajstić information content (AvgIpc) is 3.59. The number of hydrogen-bond donors (Lipinski definition) is 0. The van der Waals surface area contributed by atoms with E-state index >= 15 is 0 Å². The van der Waals surface area contributed by atoms with E-state index in [4.69, 9.17) is 11.6 Å². The van der Waals surface area contributed by atoms with Crippen molar-refractivity contribution in [1.82, 2.24) is 34.1 Å². The van der Waals surface area contributed by atoms with E-state index in [0.717, 1.165) is 11.8 Å². The molecule has 4 heterocycles. The van der Waals surface area contributed by atoms with Crippen molar-refractivity contribution in [1.29, 1.82) is 0 Å². The molecule has 4 aromatic rings. The van der Waals surface area contributed by atoms with E-state index in [2.05, 4.69) is 20.2 Å². The largest absolute Gasteiger partial charge is 0.434 e. The van der Waals surface area contributed by atoms with Gasteiger partial charge in [-0.3, -0.25) is 14.4 Å². The van der Waals surface area contributed by atoms with Gasteiger partial charge in [-0.25, -0.2) is 9.67 Å². The molecule has 13 heteroatoms. The van der Waals surface area contributed by atoms with Crippen LogP contribution in [0.2, 0.25) is 5.02 Å². The second kappa shape index (κ2) is 9.82. The van der Waals surface area contributed by atoms with E-state index in [0.29, 0.717) is 34.6 Å². The molecule has 1 aromatic carbocycles. The fourth-order valence-electron chi connectivity index (χ4n) is 4.72. The Morgan fingerprint density at radius 1 is 1.00 bits per heavy atom. The second-order valence-electron chi connectivity index (χ2n) is 10.1. The highest BCUT2D eigenvalue weighted by Crippen LogP contribution is 2.36. The third kappa shape index (κ3) is 4.81. The molecule has 0 spiro atoms. The van der Waals surface area contributed by atoms with Crippen LogP contribution < -0.4 is 4.90 Å². The van der Waals surface area contributed by atoms with E-state index in [1.807, 2.05) is 20.8 Å². The minimum Gasteiger partial charge on any atom is -0.328 e. The molecule has 1 amide bonds. The summed E-state index contributed by atoms with van der Waals surface area (Å²) in [6.07, 6.45) is -1.71. The van der Waals surface area contributed by atoms with E-state index in [1.54, 1.807) is 58.6 Å². The molecule has 0 saturated carbocycles. The Labute approximate surface area is 228 Å². The van der Waals surface area contributed by atoms with Crippen LogP contribution in [0, 0.1) is 0 Å². The predicted octanol–water partition coefficient (Wildman–Crippen LogP) is 6.34. The van der Waals surface area contributed by atoms with Crippen LogP contribution >= 0.6 is 11.6 Å². The minimum absolute atomic E-state index is 0.0294. The Morgan fingerprint density at radius 2 is 1.69 bits per heavy atom. The fourth-order valence-corrected chi connectivity index (χ4v) is 4.94. The van der Waals surface area contributed by atoms with Gasteiger partial charge in [-0.2, -0.15) is 23.3 Å². The van der Waals surface area contributed by atoms with E-state index in [1.165, 1.54) is 4.57 Å². The second-order valence-corrected chi connectivity index (χ2v) is 10.5. The molecule has 5 rings (SSSR count). The Morgan fingerprint density at radius 3 is 2.31 bits per heavy atom. The van der Waals surface area contributed by atoms with E-state index in [9.17, 15) is 18.0 Å². The molecule has 0 bridgehead atoms. The summed E-state index contributed by atoms with van der Waals surface area (Å²) in [7, 11) is 0. The number of imidazole rings is 1. The van der Waals surface area contributed by atoms with Crippen LogP contribution in [0.15, 0.2) is 36.7 Å². The van der Waals surface area contributed by atoms with Gasteiger partial charge in [0.25, 0.3) is 0 Å². The average molecular weight is 561 g/mol. The number of alkyl halides is 3. The summed E-state index contributed by atoms with van der Waals surface area (Å²) in [4.78, 5) is 23.2. The van der Waals surface area contributed by atoms with Crippen molar-refractivity contribution in [3.8, 4) is 22.9 Å². The van der Waals surface area contributed by atoms with Gasteiger partial charge in [0.05, 0.1) is 23.8 Å². The molecule has 3 aromatic heterocycles. The van der Waals surface area contributed by atoms with E-state index in [-0.39, 0.29) is 30.2 Å². The van der Waals surface area contributed by atoms with Crippen LogP contribution in [0.1, 0.15) is 70.4 Å². The predicted molar refractivity (Wildman–Crippen MR) is 140 cm³/mol. The van der Waals surface area contributed by atoms with Crippen LogP contribution in [0.5, 0.6) is 0 Å². The van der Waals surface area contributed by atoms with Crippen molar-refractivity contribution in [2.24, 2.45) is 0 Å². The topological polar surface area (TPSA) is 86.7 Å². The number of rotatable bonds is 6. The van der Waals surface area contributed by atoms with Crippen molar-refractivity contribution in [2.45, 2.75) is 71.9 Å². The van der Waals surface area contributed by atoms with Crippen molar-refractivity contribution in [3.05, 3.63) is 52.9 Å². The van der Waals surface area contributed by atoms with Crippen LogP contribution in [0.3, 0.4) is 0 Å². The van der Waals surface area contributed by atoms with Gasteiger partial charge < -0.3 is 4.57 Å². The Bertz CT molecular complexity index is 1520. The molecule has 0 N–H and O–H groups in total. The number of amides is 1. The molecule has 0 fully saturated rings. The Balaban J connectivity index is 1.48. The maximum atomic E-state index is 13.3. The number of fused-ring (bicyclic) bond motifs is 1. The standard InChI is InChI=1S/C26H28ClF3N8O/c1-14(2)35-13-20(26(28,29)30)32-24(35)18-8-6-17(7-9-18)16(5)37-21(39)10-11-36-25(37)33-23(34-36)22-19(27)12-31-38(22)15(3)4/h6-9,12-16H,10-11H2,1-5H3/t16-/m0/s1. The lowest BCUT2D eigenvalue weighted by molar-refractivity contribution is -0.140. The summed E-state index contributed by atoms with van der Waals surface area (Å²) in [5.41, 5.74) is 0.977. The number of halogens is 4. The summed E-state index contributed by atoms with van der Waals surface area (Å²) in [5, 5.41) is 9.37. The summed E-state index contributed by atoms with van der Waals surface area (Å²) in [6, 6.07) is 6.43. The zero-order valence-corrected chi connectivity index (χ0v) is 22.9. The molecular formula is C26H28ClF3N8O. The monoisotopic (exact) mass is 560 g/mol. The molecule has 0 radical (unpaired) electrons. The lowest BCUT2D eigenvalue weighted by atomic mass is 10.0. The molecule has 39 heavy (non-hydrogen) atoms. The third-order valence-electron chi connectivity index (χ3n) is 6.74. The number of anilines is 1. The smallest absolute Gasteiger partial charge is 0.328 e. The summed E-state index contributed by atoms with van der Waals surface area (Å²) >= 11 is 6.41. The SMILES string of the molecule is CC(C)n1cc(C(F)(F)F)nc1-c1ccc([C@H](C)N2C(=O)CCn3nc(-c4c(Cl)cnn4C(C)C)nc32)cc1. The molecule has 1 atom stereocenters. The molecule has 1 aliphatic rings. The lowest BCUT2D eigenvalue weighted by Crippen LogP contribution is -2.39. The Hall–Kier alpha value is -3.67. The number of aromatic nitrogens is 7. The number of benzene rings is 1. The summed E-state index contributed by atoms with van der Waals surface area (Å²) in [6.45, 7) is 9.81. The summed E-state index contributed by atoms with van der Waals surface area (Å²) in [5.74, 6) is 0.903. The molecule has 1 aliphatic heterocycles. The van der Waals surface area contributed by atoms with Crippen molar-refractivity contribution < 1.29 is 18.0 Å².